The number of aliphatic hydroxyl groups is 2. The van der Waals surface area contributed by atoms with Crippen molar-refractivity contribution in [3.63, 3.8) is 0 Å². The Hall–Kier alpha value is -2.57. The maximum Gasteiger partial charge on any atom is 0.335 e. The fourth-order valence-corrected chi connectivity index (χ4v) is 20.5. The Morgan fingerprint density at radius 2 is 1.25 bits per heavy atom. The minimum atomic E-state index is -2.88. The Bertz CT molecular complexity index is 1870. The van der Waals surface area contributed by atoms with Gasteiger partial charge in [-0.2, -0.15) is 0 Å². The number of hydrogen-bond acceptors (Lipinski definition) is 13. The number of H-pyrrole nitrogens is 2. The van der Waals surface area contributed by atoms with Crippen LogP contribution in [0.15, 0.2) is 43.7 Å². The predicted molar refractivity (Wildman–Crippen MR) is 203 cm³/mol. The summed E-state index contributed by atoms with van der Waals surface area (Å²) >= 11 is 0. The van der Waals surface area contributed by atoms with Gasteiger partial charge in [0.1, 0.15) is 35.6 Å². The first-order valence-corrected chi connectivity index (χ1v) is 23.4. The molecule has 0 bridgehead atoms. The normalized spacial score (nSPS) is 34.1. The van der Waals surface area contributed by atoms with E-state index in [-0.39, 0.29) is 28.8 Å². The van der Waals surface area contributed by atoms with Crippen molar-refractivity contribution >= 4 is 17.1 Å². The molecule has 2 unspecified atom stereocenters. The lowest BCUT2D eigenvalue weighted by Gasteiger charge is -2.52. The van der Waals surface area contributed by atoms with Crippen molar-refractivity contribution < 1.29 is 42.1 Å². The third kappa shape index (κ3) is 7.17. The van der Waals surface area contributed by atoms with Gasteiger partial charge < -0.3 is 42.1 Å². The van der Waals surface area contributed by atoms with E-state index in [9.17, 15) is 29.4 Å². The number of ether oxygens (including phenoxy) is 4. The second-order valence-corrected chi connectivity index (χ2v) is 25.4. The first-order valence-electron chi connectivity index (χ1n) is 19.5. The van der Waals surface area contributed by atoms with E-state index < -0.39 is 87.7 Å². The molecular weight excluding hydrogens is 753 g/mol. The van der Waals surface area contributed by atoms with Crippen molar-refractivity contribution in [1.82, 2.24) is 19.1 Å². The molecule has 4 N–H and O–H groups in total. The third-order valence-corrected chi connectivity index (χ3v) is 22.2. The van der Waals surface area contributed by atoms with Gasteiger partial charge in [0.25, 0.3) is 11.1 Å². The van der Waals surface area contributed by atoms with Gasteiger partial charge in [-0.25, -0.2) is 9.59 Å². The monoisotopic (exact) mass is 810 g/mol. The van der Waals surface area contributed by atoms with E-state index in [1.165, 1.54) is 33.7 Å². The topological polar surface area (TPSA) is 215 Å². The van der Waals surface area contributed by atoms with Gasteiger partial charge in [-0.3, -0.25) is 28.7 Å². The number of nitrogens with one attached hydrogen (secondary N) is 2. The number of hydrogen-bond donors (Lipinski definition) is 4. The summed E-state index contributed by atoms with van der Waals surface area (Å²) in [7, 11) is -5.59. The molecule has 0 aliphatic carbocycles. The summed E-state index contributed by atoms with van der Waals surface area (Å²) in [5.74, 6) is 0. The Morgan fingerprint density at radius 3 is 1.69 bits per heavy atom. The largest absolute Gasteiger partial charge is 0.414 e. The molecule has 0 radical (unpaired) electrons. The van der Waals surface area contributed by atoms with Gasteiger partial charge in [0.05, 0.1) is 13.2 Å². The van der Waals surface area contributed by atoms with Gasteiger partial charge in [-0.15, -0.1) is 0 Å². The lowest BCUT2D eigenvalue weighted by Crippen LogP contribution is -2.67. The van der Waals surface area contributed by atoms with Gasteiger partial charge in [0.15, 0.2) is 12.5 Å². The van der Waals surface area contributed by atoms with Crippen LogP contribution in [0.2, 0.25) is 22.2 Å². The van der Waals surface area contributed by atoms with E-state index in [0.717, 1.165) is 12.8 Å². The molecule has 55 heavy (non-hydrogen) atoms. The number of rotatable bonds is 7. The molecule has 19 heteroatoms. The quantitative estimate of drug-likeness (QED) is 0.296. The zero-order valence-electron chi connectivity index (χ0n) is 33.0. The summed E-state index contributed by atoms with van der Waals surface area (Å²) in [6.45, 7) is 18.4. The number of aliphatic hydroxyl groups excluding tert-OH is 2. The minimum Gasteiger partial charge on any atom is -0.414 e. The molecule has 8 atom stereocenters. The van der Waals surface area contributed by atoms with E-state index in [1.54, 1.807) is 0 Å². The SMILES string of the molecule is CC(C)[Si]1(C(C)C)OCC2OC(n3ccc(=O)[nH]c3=O)[C@]3(CCCO3)[C@@H]2O[Si](C(C)C)(C(C)C)O1.O=c1ccn([C@@H]2O[C@H](CO)[C@@H](O)[C@@]23CCCO3)c(=O)[nH]1. The zero-order valence-corrected chi connectivity index (χ0v) is 35.0. The van der Waals surface area contributed by atoms with Crippen LogP contribution in [0.3, 0.4) is 0 Å². The summed E-state index contributed by atoms with van der Waals surface area (Å²) in [4.78, 5) is 52.1. The number of aromatic amines is 2. The Balaban J connectivity index is 0.000000217. The third-order valence-electron chi connectivity index (χ3n) is 12.0. The smallest absolute Gasteiger partial charge is 0.335 e. The molecule has 7 rings (SSSR count). The molecule has 5 aliphatic heterocycles. The number of nitrogens with zero attached hydrogens (tertiary/aromatic N) is 2. The maximum absolute atomic E-state index is 12.8. The second-order valence-electron chi connectivity index (χ2n) is 16.5. The van der Waals surface area contributed by atoms with Crippen LogP contribution in [0.25, 0.3) is 0 Å². The zero-order chi connectivity index (χ0) is 40.1. The van der Waals surface area contributed by atoms with Crippen molar-refractivity contribution in [3.8, 4) is 0 Å². The first-order chi connectivity index (χ1) is 26.0. The van der Waals surface area contributed by atoms with Crippen LogP contribution < -0.4 is 22.5 Å². The predicted octanol–water partition coefficient (Wildman–Crippen LogP) is 2.28. The average Bonchev–Trinajstić information content (AvgIpc) is 3.91. The molecule has 2 spiro atoms. The summed E-state index contributed by atoms with van der Waals surface area (Å²) in [6.07, 6.45) is 1.23. The highest BCUT2D eigenvalue weighted by atomic mass is 28.5. The fourth-order valence-electron chi connectivity index (χ4n) is 9.23. The molecule has 308 valence electrons. The highest BCUT2D eigenvalue weighted by Gasteiger charge is 2.67. The summed E-state index contributed by atoms with van der Waals surface area (Å²) in [5, 5.41) is 19.6. The molecular formula is C36H58N4O13Si2. The van der Waals surface area contributed by atoms with Crippen LogP contribution >= 0.6 is 0 Å². The van der Waals surface area contributed by atoms with Crippen LogP contribution in [-0.2, 0) is 31.9 Å². The van der Waals surface area contributed by atoms with Crippen molar-refractivity contribution in [2.75, 3.05) is 26.4 Å². The summed E-state index contributed by atoms with van der Waals surface area (Å²) in [5.41, 5.74) is -3.24. The molecule has 2 aromatic heterocycles. The highest BCUT2D eigenvalue weighted by Crippen LogP contribution is 2.54. The average molecular weight is 811 g/mol. The van der Waals surface area contributed by atoms with Crippen molar-refractivity contribution in [3.05, 3.63) is 66.2 Å². The summed E-state index contributed by atoms with van der Waals surface area (Å²) < 4.78 is 48.3. The van der Waals surface area contributed by atoms with Crippen molar-refractivity contribution in [2.24, 2.45) is 0 Å². The lowest BCUT2D eigenvalue weighted by molar-refractivity contribution is -0.122. The molecule has 0 aromatic carbocycles. The molecule has 17 nitrogen and oxygen atoms in total. The van der Waals surface area contributed by atoms with Crippen LogP contribution in [0, 0.1) is 0 Å². The second kappa shape index (κ2) is 16.0. The number of fused-ring (bicyclic) bond motifs is 2. The van der Waals surface area contributed by atoms with Crippen LogP contribution in [0.5, 0.6) is 0 Å². The number of aromatic nitrogens is 4. The lowest BCUT2D eigenvalue weighted by atomic mass is 9.91. The van der Waals surface area contributed by atoms with Gasteiger partial charge in [-0.05, 0) is 47.8 Å². The standard InChI is InChI=1S/C24H42N2O7Si2.C12H16N2O6/c1-15(2)34(16(3)4)30-14-19-21(32-35(33-34,17(5)6)18(7)8)24(11-9-13-29-24)22(31-19)26-12-10-20(27)25-23(26)28;15-6-7-9(17)12(3-1-5-19-12)10(20-7)14-4-2-8(16)13-11(14)18/h10,12,15-19,21-22H,9,11,13-14H2,1-8H3,(H,25,27,28);2,4,7,9-10,15,17H,1,3,5-6H2,(H,13,16,18)/t19?,21-,22?,24+;7-,9-,10-,12+/m11/s1. The molecule has 5 fully saturated rings. The van der Waals surface area contributed by atoms with Gasteiger partial charge in [0.2, 0.25) is 0 Å². The fraction of sp³-hybridized carbons (Fsp3) is 0.778. The van der Waals surface area contributed by atoms with Gasteiger partial charge in [0, 0.05) is 37.7 Å². The van der Waals surface area contributed by atoms with E-state index in [0.29, 0.717) is 32.7 Å². The van der Waals surface area contributed by atoms with E-state index in [4.69, 9.17) is 31.9 Å². The summed E-state index contributed by atoms with van der Waals surface area (Å²) in [6, 6.07) is 2.54. The Morgan fingerprint density at radius 1 is 0.764 bits per heavy atom. The van der Waals surface area contributed by atoms with Crippen LogP contribution in [0.1, 0.15) is 93.5 Å². The van der Waals surface area contributed by atoms with Gasteiger partial charge >= 0.3 is 28.5 Å². The van der Waals surface area contributed by atoms with E-state index >= 15 is 0 Å². The van der Waals surface area contributed by atoms with Crippen molar-refractivity contribution in [2.45, 2.75) is 151 Å². The van der Waals surface area contributed by atoms with Crippen LogP contribution in [-0.4, -0.2) is 108 Å². The van der Waals surface area contributed by atoms with Crippen LogP contribution in [0.4, 0.5) is 0 Å². The van der Waals surface area contributed by atoms with E-state index in [1.807, 2.05) is 0 Å². The first kappa shape index (κ1) is 42.1. The molecule has 0 saturated carbocycles. The van der Waals surface area contributed by atoms with E-state index in [2.05, 4.69) is 65.4 Å². The minimum absolute atomic E-state index is 0.169. The molecule has 7 heterocycles. The Kier molecular flexibility index (Phi) is 12.2. The van der Waals surface area contributed by atoms with Gasteiger partial charge in [-0.1, -0.05) is 55.4 Å². The molecule has 0 amide bonds. The maximum atomic E-state index is 12.8. The highest BCUT2D eigenvalue weighted by molar-refractivity contribution is 6.84. The molecule has 5 saturated heterocycles. The molecule has 5 aliphatic rings. The Labute approximate surface area is 321 Å². The molecule has 2 aromatic rings. The van der Waals surface area contributed by atoms with Crippen molar-refractivity contribution in [1.29, 1.82) is 0 Å².